The number of benzene rings is 1. The topological polar surface area (TPSA) is 92.7 Å². The fourth-order valence-corrected chi connectivity index (χ4v) is 4.91. The summed E-state index contributed by atoms with van der Waals surface area (Å²) < 4.78 is 0.643. The van der Waals surface area contributed by atoms with Crippen molar-refractivity contribution in [2.75, 3.05) is 0 Å². The van der Waals surface area contributed by atoms with Crippen molar-refractivity contribution in [3.8, 4) is 17.2 Å². The van der Waals surface area contributed by atoms with Gasteiger partial charge in [0.25, 0.3) is 5.91 Å². The third-order valence-corrected chi connectivity index (χ3v) is 6.39. The molecule has 6 heteroatoms. The van der Waals surface area contributed by atoms with Crippen LogP contribution in [0.4, 0.5) is 0 Å². The molecule has 3 aromatic rings. The van der Waals surface area contributed by atoms with Gasteiger partial charge in [-0.2, -0.15) is 5.26 Å². The highest BCUT2D eigenvalue weighted by molar-refractivity contribution is 9.10. The zero-order valence-corrected chi connectivity index (χ0v) is 18.5. The van der Waals surface area contributed by atoms with Gasteiger partial charge in [-0.05, 0) is 63.7 Å². The third kappa shape index (κ3) is 4.01. The van der Waals surface area contributed by atoms with E-state index in [2.05, 4.69) is 56.2 Å². The number of rotatable bonds is 5. The fourth-order valence-electron chi connectivity index (χ4n) is 4.57. The van der Waals surface area contributed by atoms with Crippen molar-refractivity contribution in [2.24, 2.45) is 5.73 Å². The molecule has 5 nitrogen and oxygen atoms in total. The molecular weight excluding hydrogens is 452 g/mol. The fraction of sp³-hybridized carbons (Fsp3) is 0.200. The highest BCUT2D eigenvalue weighted by Gasteiger charge is 2.43. The molecule has 0 saturated heterocycles. The predicted molar refractivity (Wildman–Crippen MR) is 123 cm³/mol. The molecule has 1 aromatic carbocycles. The number of amides is 1. The van der Waals surface area contributed by atoms with Gasteiger partial charge in [0.05, 0.1) is 5.69 Å². The van der Waals surface area contributed by atoms with Crippen molar-refractivity contribution < 1.29 is 4.79 Å². The van der Waals surface area contributed by atoms with Crippen molar-refractivity contribution in [2.45, 2.75) is 31.1 Å². The Labute approximate surface area is 189 Å². The van der Waals surface area contributed by atoms with Crippen LogP contribution in [0.2, 0.25) is 0 Å². The second kappa shape index (κ2) is 8.83. The van der Waals surface area contributed by atoms with Crippen LogP contribution >= 0.6 is 15.9 Å². The highest BCUT2D eigenvalue weighted by atomic mass is 79.9. The summed E-state index contributed by atoms with van der Waals surface area (Å²) in [7, 11) is 0. The van der Waals surface area contributed by atoms with Gasteiger partial charge < -0.3 is 5.73 Å². The first-order chi connectivity index (χ1) is 15.0. The molecule has 2 N–H and O–H groups in total. The molecule has 4 rings (SSSR count). The Morgan fingerprint density at radius 1 is 1.03 bits per heavy atom. The summed E-state index contributed by atoms with van der Waals surface area (Å²) in [6.45, 7) is 0. The summed E-state index contributed by atoms with van der Waals surface area (Å²) >= 11 is 3.42. The van der Waals surface area contributed by atoms with Gasteiger partial charge in [0.2, 0.25) is 0 Å². The number of nitrogens with zero attached hydrogens (tertiary/aromatic N) is 3. The lowest BCUT2D eigenvalue weighted by Gasteiger charge is -2.33. The maximum absolute atomic E-state index is 12.3. The number of carbonyl (C=O) groups excluding carboxylic acids is 1. The summed E-state index contributed by atoms with van der Waals surface area (Å²) in [4.78, 5) is 21.1. The van der Waals surface area contributed by atoms with E-state index in [1.54, 1.807) is 6.20 Å². The van der Waals surface area contributed by atoms with Crippen molar-refractivity contribution in [1.29, 1.82) is 5.26 Å². The minimum atomic E-state index is -0.725. The minimum absolute atomic E-state index is 0.0242. The molecule has 0 aliphatic heterocycles. The Kier molecular flexibility index (Phi) is 5.97. The van der Waals surface area contributed by atoms with Gasteiger partial charge in [-0.1, -0.05) is 49.2 Å². The highest BCUT2D eigenvalue weighted by Crippen LogP contribution is 2.51. The van der Waals surface area contributed by atoms with Gasteiger partial charge in [-0.25, -0.2) is 4.98 Å². The van der Waals surface area contributed by atoms with Crippen LogP contribution in [-0.4, -0.2) is 15.9 Å². The number of halogens is 1. The summed E-state index contributed by atoms with van der Waals surface area (Å²) in [5, 5.41) is 9.86. The molecule has 0 atom stereocenters. The molecule has 0 unspecified atom stereocenters. The number of allylic oxidation sites excluding steroid dienone is 1. The molecule has 0 bridgehead atoms. The predicted octanol–water partition coefficient (Wildman–Crippen LogP) is 5.18. The summed E-state index contributed by atoms with van der Waals surface area (Å²) in [6.07, 6.45) is 7.22. The number of hydrogen-bond acceptors (Lipinski definition) is 4. The molecular formula is C25H21BrN4O. The molecule has 0 spiro atoms. The van der Waals surface area contributed by atoms with E-state index in [1.165, 1.54) is 0 Å². The molecule has 154 valence electrons. The SMILES string of the molecule is N#C/C(C(N)=O)=C(\c1cccc(Br)n1)C1(c2ccc(-c3cccnc3)cc2)CCCC1. The number of nitriles is 1. The standard InChI is InChI=1S/C25H21BrN4O/c26-22-7-3-6-21(30-22)23(20(15-27)24(28)31)25(12-1-2-13-25)19-10-8-17(9-11-19)18-5-4-14-29-16-18/h3-11,14,16H,1-2,12-13H2,(H2,28,31)/b23-20-. The summed E-state index contributed by atoms with van der Waals surface area (Å²) in [5.41, 5.74) is 9.52. The summed E-state index contributed by atoms with van der Waals surface area (Å²) in [6, 6.07) is 19.8. The Morgan fingerprint density at radius 2 is 1.77 bits per heavy atom. The van der Waals surface area contributed by atoms with Crippen LogP contribution in [0.5, 0.6) is 0 Å². The van der Waals surface area contributed by atoms with E-state index in [9.17, 15) is 10.1 Å². The Morgan fingerprint density at radius 3 is 2.35 bits per heavy atom. The summed E-state index contributed by atoms with van der Waals surface area (Å²) in [5.74, 6) is -0.725. The smallest absolute Gasteiger partial charge is 0.259 e. The van der Waals surface area contributed by atoms with Crippen LogP contribution in [0.15, 0.2) is 77.2 Å². The quantitative estimate of drug-likeness (QED) is 0.314. The minimum Gasteiger partial charge on any atom is -0.365 e. The number of hydrogen-bond donors (Lipinski definition) is 1. The van der Waals surface area contributed by atoms with Crippen LogP contribution in [0, 0.1) is 11.3 Å². The zero-order chi connectivity index (χ0) is 21.8. The van der Waals surface area contributed by atoms with Crippen LogP contribution in [-0.2, 0) is 10.2 Å². The van der Waals surface area contributed by atoms with Gasteiger partial charge in [0, 0.05) is 23.4 Å². The molecule has 0 radical (unpaired) electrons. The number of carbonyl (C=O) groups is 1. The van der Waals surface area contributed by atoms with E-state index in [4.69, 9.17) is 5.73 Å². The van der Waals surface area contributed by atoms with Crippen LogP contribution in [0.1, 0.15) is 36.9 Å². The number of pyridine rings is 2. The lowest BCUT2D eigenvalue weighted by atomic mass is 9.69. The second-order valence-electron chi connectivity index (χ2n) is 7.68. The van der Waals surface area contributed by atoms with Crippen molar-refractivity contribution in [3.63, 3.8) is 0 Å². The monoisotopic (exact) mass is 472 g/mol. The first-order valence-corrected chi connectivity index (χ1v) is 10.9. The van der Waals surface area contributed by atoms with Gasteiger partial charge in [-0.3, -0.25) is 9.78 Å². The van der Waals surface area contributed by atoms with Gasteiger partial charge in [-0.15, -0.1) is 0 Å². The molecule has 2 heterocycles. The molecule has 1 saturated carbocycles. The van der Waals surface area contributed by atoms with E-state index in [0.717, 1.165) is 42.4 Å². The lowest BCUT2D eigenvalue weighted by molar-refractivity contribution is -0.114. The number of nitrogens with two attached hydrogens (primary N) is 1. The number of aromatic nitrogens is 2. The molecule has 1 amide bonds. The Hall–Kier alpha value is -3.30. The van der Waals surface area contributed by atoms with Gasteiger partial charge >= 0.3 is 0 Å². The van der Waals surface area contributed by atoms with Crippen LogP contribution in [0.25, 0.3) is 16.7 Å². The second-order valence-corrected chi connectivity index (χ2v) is 8.49. The van der Waals surface area contributed by atoms with Crippen molar-refractivity contribution >= 4 is 27.4 Å². The molecule has 1 fully saturated rings. The Balaban J connectivity index is 1.91. The van der Waals surface area contributed by atoms with Crippen molar-refractivity contribution in [1.82, 2.24) is 9.97 Å². The van der Waals surface area contributed by atoms with Gasteiger partial charge in [0.1, 0.15) is 16.2 Å². The normalized spacial score (nSPS) is 15.7. The maximum atomic E-state index is 12.3. The third-order valence-electron chi connectivity index (χ3n) is 5.95. The van der Waals surface area contributed by atoms with E-state index in [-0.39, 0.29) is 5.57 Å². The first kappa shape index (κ1) is 21.0. The molecule has 2 aromatic heterocycles. The van der Waals surface area contributed by atoms with Crippen LogP contribution in [0.3, 0.4) is 0 Å². The van der Waals surface area contributed by atoms with E-state index in [1.807, 2.05) is 36.5 Å². The average Bonchev–Trinajstić information content (AvgIpc) is 3.28. The zero-order valence-electron chi connectivity index (χ0n) is 16.9. The van der Waals surface area contributed by atoms with E-state index in [0.29, 0.717) is 15.9 Å². The largest absolute Gasteiger partial charge is 0.365 e. The Bertz CT molecular complexity index is 1170. The average molecular weight is 473 g/mol. The molecule has 1 aliphatic carbocycles. The van der Waals surface area contributed by atoms with E-state index < -0.39 is 11.3 Å². The van der Waals surface area contributed by atoms with E-state index >= 15 is 0 Å². The van der Waals surface area contributed by atoms with Crippen LogP contribution < -0.4 is 5.73 Å². The molecule has 31 heavy (non-hydrogen) atoms. The maximum Gasteiger partial charge on any atom is 0.259 e. The van der Waals surface area contributed by atoms with Gasteiger partial charge in [0.15, 0.2) is 0 Å². The lowest BCUT2D eigenvalue weighted by Crippen LogP contribution is -2.29. The number of primary amides is 1. The van der Waals surface area contributed by atoms with Crippen molar-refractivity contribution in [3.05, 3.63) is 88.4 Å². The molecule has 1 aliphatic rings. The first-order valence-electron chi connectivity index (χ1n) is 10.1.